The molecule has 0 saturated carbocycles. The van der Waals surface area contributed by atoms with Crippen molar-refractivity contribution in [3.63, 3.8) is 0 Å². The van der Waals surface area contributed by atoms with Gasteiger partial charge >= 0.3 is 0 Å². The van der Waals surface area contributed by atoms with Crippen molar-refractivity contribution >= 4 is 23.3 Å². The van der Waals surface area contributed by atoms with Crippen molar-refractivity contribution in [2.24, 2.45) is 0 Å². The minimum absolute atomic E-state index is 0. The summed E-state index contributed by atoms with van der Waals surface area (Å²) in [5.41, 5.74) is 6.86. The quantitative estimate of drug-likeness (QED) is 0.434. The van der Waals surface area contributed by atoms with E-state index in [1.54, 1.807) is 12.1 Å². The minimum atomic E-state index is -0.198. The zero-order valence-electron chi connectivity index (χ0n) is 15.4. The van der Waals surface area contributed by atoms with Crippen molar-refractivity contribution in [1.82, 2.24) is 9.55 Å². The first kappa shape index (κ1) is 19.1. The molecule has 27 heavy (non-hydrogen) atoms. The highest BCUT2D eigenvalue weighted by molar-refractivity contribution is 5.87. The number of hydrogen-bond acceptors (Lipinski definition) is 1. The van der Waals surface area contributed by atoms with Crippen molar-refractivity contribution in [3.05, 3.63) is 101 Å². The van der Waals surface area contributed by atoms with E-state index in [0.717, 1.165) is 23.2 Å². The Morgan fingerprint density at radius 1 is 0.926 bits per heavy atom. The van der Waals surface area contributed by atoms with Gasteiger partial charge in [-0.05, 0) is 48.7 Å². The van der Waals surface area contributed by atoms with Crippen LogP contribution in [-0.2, 0) is 13.0 Å². The zero-order valence-corrected chi connectivity index (χ0v) is 16.3. The Labute approximate surface area is 165 Å². The fraction of sp³-hybridized carbons (Fsp3) is 0.174. The van der Waals surface area contributed by atoms with Crippen molar-refractivity contribution < 1.29 is 4.39 Å². The van der Waals surface area contributed by atoms with Crippen LogP contribution >= 0.6 is 12.4 Å². The third kappa shape index (κ3) is 3.74. The minimum Gasteiger partial charge on any atom is -0.339 e. The molecule has 4 heteroatoms. The number of benzene rings is 2. The van der Waals surface area contributed by atoms with E-state index in [4.69, 9.17) is 0 Å². The number of nitrogens with zero attached hydrogens (tertiary/aromatic N) is 2. The lowest BCUT2D eigenvalue weighted by Crippen LogP contribution is -2.05. The molecule has 0 fully saturated rings. The fourth-order valence-electron chi connectivity index (χ4n) is 3.60. The average Bonchev–Trinajstić information content (AvgIpc) is 2.89. The second-order valence-corrected chi connectivity index (χ2v) is 6.74. The van der Waals surface area contributed by atoms with Crippen LogP contribution in [0.15, 0.2) is 66.9 Å². The summed E-state index contributed by atoms with van der Waals surface area (Å²) in [6.45, 7) is 4.91. The first-order chi connectivity index (χ1) is 12.6. The van der Waals surface area contributed by atoms with Crippen LogP contribution < -0.4 is 0 Å². The van der Waals surface area contributed by atoms with Gasteiger partial charge in [0.1, 0.15) is 5.82 Å². The molecule has 2 aromatic heterocycles. The van der Waals surface area contributed by atoms with Crippen molar-refractivity contribution in [2.75, 3.05) is 0 Å². The Hall–Kier alpha value is -2.65. The van der Waals surface area contributed by atoms with E-state index in [9.17, 15) is 4.39 Å². The highest BCUT2D eigenvalue weighted by Gasteiger charge is 2.16. The summed E-state index contributed by atoms with van der Waals surface area (Å²) in [7, 11) is 0. The Morgan fingerprint density at radius 3 is 2.41 bits per heavy atom. The fourth-order valence-corrected chi connectivity index (χ4v) is 3.60. The summed E-state index contributed by atoms with van der Waals surface area (Å²) in [5.74, 6) is -0.198. The molecule has 2 heterocycles. The van der Waals surface area contributed by atoms with Gasteiger partial charge in [-0.2, -0.15) is 0 Å². The molecule has 0 spiro atoms. The molecule has 2 aromatic carbocycles. The van der Waals surface area contributed by atoms with Crippen LogP contribution in [0.5, 0.6) is 0 Å². The molecule has 0 aliphatic carbocycles. The van der Waals surface area contributed by atoms with E-state index < -0.39 is 0 Å². The predicted molar refractivity (Wildman–Crippen MR) is 111 cm³/mol. The topological polar surface area (TPSA) is 17.8 Å². The van der Waals surface area contributed by atoms with Gasteiger partial charge in [0.15, 0.2) is 0 Å². The van der Waals surface area contributed by atoms with Gasteiger partial charge in [-0.1, -0.05) is 42.5 Å². The number of aryl methyl sites for hydroxylation is 1. The van der Waals surface area contributed by atoms with E-state index in [1.807, 2.05) is 18.3 Å². The second kappa shape index (κ2) is 7.93. The lowest BCUT2D eigenvalue weighted by atomic mass is 10.1. The monoisotopic (exact) mass is 380 g/mol. The van der Waals surface area contributed by atoms with Gasteiger partial charge in [0.25, 0.3) is 0 Å². The number of halogens is 2. The summed E-state index contributed by atoms with van der Waals surface area (Å²) in [5, 5.41) is 1.22. The molecule has 2 nitrogen and oxygen atoms in total. The lowest BCUT2D eigenvalue weighted by Gasteiger charge is -2.12. The van der Waals surface area contributed by atoms with Gasteiger partial charge in [-0.15, -0.1) is 12.4 Å². The van der Waals surface area contributed by atoms with E-state index in [2.05, 4.69) is 53.7 Å². The molecule has 0 amide bonds. The Morgan fingerprint density at radius 2 is 1.67 bits per heavy atom. The molecule has 0 N–H and O–H groups in total. The maximum atomic E-state index is 13.6. The molecule has 4 rings (SSSR count). The second-order valence-electron chi connectivity index (χ2n) is 6.74. The zero-order chi connectivity index (χ0) is 18.1. The summed E-state index contributed by atoms with van der Waals surface area (Å²) in [6.07, 6.45) is 2.67. The van der Waals surface area contributed by atoms with E-state index in [-0.39, 0.29) is 18.2 Å². The standard InChI is InChI=1S/C23H21FN2.ClH/c1-16-17(2)26(15-19-9-6-10-20(24)13-19)23-21(16)11-12-25-22(23)14-18-7-4-3-5-8-18;/h3-13H,14-15H2,1-2H3;1H. The van der Waals surface area contributed by atoms with Crippen LogP contribution in [0.3, 0.4) is 0 Å². The molecular formula is C23H22ClFN2. The van der Waals surface area contributed by atoms with Gasteiger partial charge in [-0.3, -0.25) is 4.98 Å². The molecule has 0 aliphatic rings. The van der Waals surface area contributed by atoms with E-state index >= 15 is 0 Å². The smallest absolute Gasteiger partial charge is 0.123 e. The molecular weight excluding hydrogens is 359 g/mol. The molecule has 0 radical (unpaired) electrons. The maximum absolute atomic E-state index is 13.6. The summed E-state index contributed by atoms with van der Waals surface area (Å²) >= 11 is 0. The number of fused-ring (bicyclic) bond motifs is 1. The van der Waals surface area contributed by atoms with Crippen LogP contribution in [0.25, 0.3) is 10.9 Å². The molecule has 4 aromatic rings. The molecule has 0 aliphatic heterocycles. The molecule has 0 bridgehead atoms. The van der Waals surface area contributed by atoms with Crippen LogP contribution in [0.4, 0.5) is 4.39 Å². The van der Waals surface area contributed by atoms with Gasteiger partial charge in [-0.25, -0.2) is 4.39 Å². The van der Waals surface area contributed by atoms with Crippen molar-refractivity contribution in [1.29, 1.82) is 0 Å². The first-order valence-corrected chi connectivity index (χ1v) is 8.85. The molecule has 0 atom stereocenters. The Bertz CT molecular complexity index is 1070. The largest absolute Gasteiger partial charge is 0.339 e. The third-order valence-electron chi connectivity index (χ3n) is 5.07. The normalized spacial score (nSPS) is 10.8. The number of pyridine rings is 1. The van der Waals surface area contributed by atoms with Gasteiger partial charge in [0.05, 0.1) is 11.2 Å². The van der Waals surface area contributed by atoms with E-state index in [1.165, 1.54) is 28.3 Å². The molecule has 0 saturated heterocycles. The Balaban J connectivity index is 0.00000210. The van der Waals surface area contributed by atoms with Crippen LogP contribution in [0.2, 0.25) is 0 Å². The highest BCUT2D eigenvalue weighted by atomic mass is 35.5. The summed E-state index contributed by atoms with van der Waals surface area (Å²) in [6, 6.07) is 19.3. The van der Waals surface area contributed by atoms with Crippen LogP contribution in [0.1, 0.15) is 28.1 Å². The SMILES string of the molecule is Cc1c(C)n(Cc2cccc(F)c2)c2c(Cc3ccccc3)nccc12.Cl. The van der Waals surface area contributed by atoms with Crippen LogP contribution in [-0.4, -0.2) is 9.55 Å². The van der Waals surface area contributed by atoms with E-state index in [0.29, 0.717) is 6.54 Å². The Kier molecular flexibility index (Phi) is 5.62. The summed E-state index contributed by atoms with van der Waals surface area (Å²) in [4.78, 5) is 4.68. The first-order valence-electron chi connectivity index (χ1n) is 8.85. The average molecular weight is 381 g/mol. The van der Waals surface area contributed by atoms with Gasteiger partial charge in [0.2, 0.25) is 0 Å². The lowest BCUT2D eigenvalue weighted by molar-refractivity contribution is 0.623. The van der Waals surface area contributed by atoms with Crippen molar-refractivity contribution in [2.45, 2.75) is 26.8 Å². The predicted octanol–water partition coefficient (Wildman–Crippen LogP) is 5.85. The third-order valence-corrected chi connectivity index (χ3v) is 5.07. The van der Waals surface area contributed by atoms with Crippen molar-refractivity contribution in [3.8, 4) is 0 Å². The van der Waals surface area contributed by atoms with Crippen LogP contribution in [0, 0.1) is 19.7 Å². The van der Waals surface area contributed by atoms with Gasteiger partial charge in [0, 0.05) is 30.2 Å². The molecule has 138 valence electrons. The number of aromatic nitrogens is 2. The number of rotatable bonds is 4. The summed E-state index contributed by atoms with van der Waals surface area (Å²) < 4.78 is 15.9. The highest BCUT2D eigenvalue weighted by Crippen LogP contribution is 2.29. The molecule has 0 unspecified atom stereocenters. The van der Waals surface area contributed by atoms with Gasteiger partial charge < -0.3 is 4.57 Å². The number of hydrogen-bond donors (Lipinski definition) is 0. The maximum Gasteiger partial charge on any atom is 0.123 e.